The third-order valence-electron chi connectivity index (χ3n) is 6.01. The Bertz CT molecular complexity index is 888. The predicted octanol–water partition coefficient (Wildman–Crippen LogP) is 7.03. The molecule has 2 aromatic rings. The minimum Gasteiger partial charge on any atom is -0.450 e. The number of hydrogen-bond donors (Lipinski definition) is 1. The number of Topliss-reactive ketones (excluding diaryl/α,β-unsaturated/α-hetero) is 1. The summed E-state index contributed by atoms with van der Waals surface area (Å²) in [7, 11) is 0. The molecule has 0 spiro atoms. The minimum atomic E-state index is -0.518. The molecule has 0 aliphatic carbocycles. The number of rotatable bonds is 12. The van der Waals surface area contributed by atoms with Gasteiger partial charge in [-0.2, -0.15) is 0 Å². The van der Waals surface area contributed by atoms with E-state index in [9.17, 15) is 9.59 Å². The van der Waals surface area contributed by atoms with Gasteiger partial charge in [-0.1, -0.05) is 72.2 Å². The lowest BCUT2D eigenvalue weighted by Crippen LogP contribution is -2.35. The molecule has 1 atom stereocenters. The lowest BCUT2D eigenvalue weighted by atomic mass is 9.71. The molecule has 0 aliphatic heterocycles. The number of ether oxygens (including phenoxy) is 1. The second-order valence-electron chi connectivity index (χ2n) is 9.14. The van der Waals surface area contributed by atoms with Crippen molar-refractivity contribution in [1.82, 2.24) is 5.32 Å². The van der Waals surface area contributed by atoms with Crippen LogP contribution >= 0.6 is 38.5 Å². The lowest BCUT2D eigenvalue weighted by molar-refractivity contribution is -0.121. The smallest absolute Gasteiger partial charge is 0.407 e. The van der Waals surface area contributed by atoms with Crippen LogP contribution in [0, 0.1) is 8.99 Å². The second-order valence-corrected chi connectivity index (χ2v) is 10.9. The van der Waals surface area contributed by atoms with E-state index in [0.717, 1.165) is 40.4 Å². The molecule has 0 heterocycles. The topological polar surface area (TPSA) is 55.4 Å². The van der Waals surface area contributed by atoms with E-state index in [1.165, 1.54) is 0 Å². The van der Waals surface area contributed by atoms with E-state index >= 15 is 0 Å². The number of alkyl carbamates (subject to hydrolysis) is 1. The summed E-state index contributed by atoms with van der Waals surface area (Å²) in [6.07, 6.45) is 3.01. The second kappa shape index (κ2) is 12.7. The summed E-state index contributed by atoms with van der Waals surface area (Å²) in [6.45, 7) is 7.34. The monoisotopic (exact) mass is 613 g/mol. The zero-order valence-corrected chi connectivity index (χ0v) is 22.9. The van der Waals surface area contributed by atoms with Crippen molar-refractivity contribution in [1.29, 1.82) is 0 Å². The molecule has 0 saturated heterocycles. The Labute approximate surface area is 214 Å². The van der Waals surface area contributed by atoms with Crippen LogP contribution in [0.15, 0.2) is 54.6 Å². The quantitative estimate of drug-likeness (QED) is 0.159. The summed E-state index contributed by atoms with van der Waals surface area (Å²) in [5.74, 6) is 0.203. The van der Waals surface area contributed by atoms with Crippen molar-refractivity contribution in [3.8, 4) is 0 Å². The van der Waals surface area contributed by atoms with E-state index in [-0.39, 0.29) is 17.3 Å². The fourth-order valence-corrected chi connectivity index (χ4v) is 4.84. The molecule has 32 heavy (non-hydrogen) atoms. The fourth-order valence-electron chi connectivity index (χ4n) is 3.67. The Hall–Kier alpha value is -1.41. The van der Waals surface area contributed by atoms with Gasteiger partial charge >= 0.3 is 6.09 Å². The maximum Gasteiger partial charge on any atom is 0.407 e. The maximum absolute atomic E-state index is 12.8. The molecule has 0 fully saturated rings. The highest BCUT2D eigenvalue weighted by atomic mass is 127. The van der Waals surface area contributed by atoms with Gasteiger partial charge < -0.3 is 10.1 Å². The van der Waals surface area contributed by atoms with Crippen molar-refractivity contribution in [3.63, 3.8) is 0 Å². The number of amides is 1. The first-order valence-corrected chi connectivity index (χ1v) is 13.2. The molecular weight excluding hydrogens is 581 g/mol. The first-order chi connectivity index (χ1) is 15.2. The number of nitrogens with one attached hydrogen (secondary N) is 1. The Morgan fingerprint density at radius 1 is 1.00 bits per heavy atom. The number of carbonyl (C=O) groups is 2. The third kappa shape index (κ3) is 8.50. The standard InChI is InChI=1S/C26H33BrINO3/c1-25(2,13-8-16-32-24(31)29-19-20-9-5-4-6-10-20)14-15-26(3,23(30)18-27)21-11-7-12-22(28)17-21/h4-7,9-12,17H,8,13-16,18-19H2,1-3H3,(H,29,31). The number of benzene rings is 2. The molecule has 0 saturated carbocycles. The van der Waals surface area contributed by atoms with Gasteiger partial charge in [0.05, 0.1) is 17.4 Å². The normalized spacial score (nSPS) is 13.3. The average Bonchev–Trinajstić information content (AvgIpc) is 2.79. The van der Waals surface area contributed by atoms with E-state index in [1.807, 2.05) is 42.5 Å². The summed E-state index contributed by atoms with van der Waals surface area (Å²) < 4.78 is 6.47. The molecule has 0 radical (unpaired) electrons. The fraction of sp³-hybridized carbons (Fsp3) is 0.462. The Morgan fingerprint density at radius 2 is 1.72 bits per heavy atom. The molecule has 0 bridgehead atoms. The summed E-state index contributed by atoms with van der Waals surface area (Å²) in [5.41, 5.74) is 1.64. The number of alkyl halides is 1. The van der Waals surface area contributed by atoms with Gasteiger partial charge in [0.1, 0.15) is 0 Å². The van der Waals surface area contributed by atoms with Crippen LogP contribution < -0.4 is 5.32 Å². The highest BCUT2D eigenvalue weighted by Gasteiger charge is 2.35. The van der Waals surface area contributed by atoms with Gasteiger partial charge in [-0.05, 0) is 83.9 Å². The molecule has 1 N–H and O–H groups in total. The van der Waals surface area contributed by atoms with Crippen LogP contribution in [0.1, 0.15) is 57.6 Å². The maximum atomic E-state index is 12.8. The van der Waals surface area contributed by atoms with Gasteiger partial charge in [0, 0.05) is 10.1 Å². The largest absolute Gasteiger partial charge is 0.450 e. The van der Waals surface area contributed by atoms with E-state index in [2.05, 4.69) is 76.7 Å². The average molecular weight is 614 g/mol. The van der Waals surface area contributed by atoms with Crippen molar-refractivity contribution in [2.24, 2.45) is 5.41 Å². The van der Waals surface area contributed by atoms with E-state index in [4.69, 9.17) is 4.74 Å². The van der Waals surface area contributed by atoms with E-state index in [1.54, 1.807) is 0 Å². The van der Waals surface area contributed by atoms with E-state index in [0.29, 0.717) is 18.5 Å². The van der Waals surface area contributed by atoms with Crippen molar-refractivity contribution < 1.29 is 14.3 Å². The minimum absolute atomic E-state index is 0.0413. The molecule has 4 nitrogen and oxygen atoms in total. The van der Waals surface area contributed by atoms with Crippen molar-refractivity contribution in [2.75, 3.05) is 11.9 Å². The van der Waals surface area contributed by atoms with Crippen LogP contribution in [-0.4, -0.2) is 23.8 Å². The van der Waals surface area contributed by atoms with Gasteiger partial charge in [-0.25, -0.2) is 4.79 Å². The molecule has 1 amide bonds. The predicted molar refractivity (Wildman–Crippen MR) is 142 cm³/mol. The summed E-state index contributed by atoms with van der Waals surface area (Å²) in [5, 5.41) is 3.13. The van der Waals surface area contributed by atoms with Crippen LogP contribution in [-0.2, 0) is 21.5 Å². The number of hydrogen-bond acceptors (Lipinski definition) is 3. The summed E-state index contributed by atoms with van der Waals surface area (Å²) in [6, 6.07) is 18.0. The molecule has 2 aromatic carbocycles. The van der Waals surface area contributed by atoms with E-state index < -0.39 is 5.41 Å². The molecule has 0 aliphatic rings. The first kappa shape index (κ1) is 26.8. The van der Waals surface area contributed by atoms with Gasteiger partial charge in [0.2, 0.25) is 0 Å². The SMILES string of the molecule is CC(C)(CCCOC(=O)NCc1ccccc1)CCC(C)(C(=O)CBr)c1cccc(I)c1. The third-order valence-corrected chi connectivity index (χ3v) is 7.19. The summed E-state index contributed by atoms with van der Waals surface area (Å²) >= 11 is 5.67. The summed E-state index contributed by atoms with van der Waals surface area (Å²) in [4.78, 5) is 24.8. The van der Waals surface area contributed by atoms with Crippen molar-refractivity contribution >= 4 is 50.4 Å². The highest BCUT2D eigenvalue weighted by molar-refractivity contribution is 14.1. The van der Waals surface area contributed by atoms with Crippen LogP contribution in [0.5, 0.6) is 0 Å². The molecule has 1 unspecified atom stereocenters. The molecule has 174 valence electrons. The Balaban J connectivity index is 1.81. The van der Waals surface area contributed by atoms with Crippen LogP contribution in [0.25, 0.3) is 0 Å². The highest BCUT2D eigenvalue weighted by Crippen LogP contribution is 2.38. The van der Waals surface area contributed by atoms with Crippen LogP contribution in [0.3, 0.4) is 0 Å². The zero-order valence-electron chi connectivity index (χ0n) is 19.1. The van der Waals surface area contributed by atoms with Gasteiger partial charge in [-0.15, -0.1) is 0 Å². The first-order valence-electron chi connectivity index (χ1n) is 11.0. The lowest BCUT2D eigenvalue weighted by Gasteiger charge is -2.33. The molecule has 2 rings (SSSR count). The number of ketones is 1. The van der Waals surface area contributed by atoms with Crippen molar-refractivity contribution in [3.05, 3.63) is 69.3 Å². The van der Waals surface area contributed by atoms with Crippen LogP contribution in [0.4, 0.5) is 4.79 Å². The van der Waals surface area contributed by atoms with Gasteiger partial charge in [0.25, 0.3) is 0 Å². The zero-order chi connectivity index (χ0) is 23.6. The molecular formula is C26H33BrINO3. The number of carbonyl (C=O) groups excluding carboxylic acids is 2. The Kier molecular flexibility index (Phi) is 10.7. The molecule has 0 aromatic heterocycles. The van der Waals surface area contributed by atoms with Gasteiger partial charge in [-0.3, -0.25) is 4.79 Å². The van der Waals surface area contributed by atoms with Gasteiger partial charge in [0.15, 0.2) is 5.78 Å². The molecule has 6 heteroatoms. The number of halogens is 2. The van der Waals surface area contributed by atoms with Crippen LogP contribution in [0.2, 0.25) is 0 Å². The van der Waals surface area contributed by atoms with Crippen molar-refractivity contribution in [2.45, 2.75) is 58.4 Å². The Morgan fingerprint density at radius 3 is 2.38 bits per heavy atom.